The molecule has 0 bridgehead atoms. The molecule has 3 rings (SSSR count). The Balaban J connectivity index is 1.81. The molecular weight excluding hydrogens is 274 g/mol. The highest BCUT2D eigenvalue weighted by Gasteiger charge is 2.51. The smallest absolute Gasteiger partial charge is 0.235 e. The summed E-state index contributed by atoms with van der Waals surface area (Å²) in [5.74, 6) is 0.900. The van der Waals surface area contributed by atoms with Gasteiger partial charge in [0.15, 0.2) is 0 Å². The van der Waals surface area contributed by atoms with Gasteiger partial charge in [-0.05, 0) is 67.6 Å². The predicted molar refractivity (Wildman–Crippen MR) is 88.5 cm³/mol. The molecule has 0 spiro atoms. The molecule has 0 aromatic heterocycles. The van der Waals surface area contributed by atoms with Crippen LogP contribution in [0.4, 0.5) is 5.69 Å². The third-order valence-electron chi connectivity index (χ3n) is 4.31. The van der Waals surface area contributed by atoms with Crippen molar-refractivity contribution in [2.45, 2.75) is 32.1 Å². The maximum absolute atomic E-state index is 12.7. The second-order valence-electron chi connectivity index (χ2n) is 6.14. The minimum Gasteiger partial charge on any atom is -0.497 e. The van der Waals surface area contributed by atoms with E-state index in [0.29, 0.717) is 0 Å². The Morgan fingerprint density at radius 1 is 1.05 bits per heavy atom. The van der Waals surface area contributed by atoms with Crippen molar-refractivity contribution < 1.29 is 9.53 Å². The topological polar surface area (TPSA) is 38.3 Å². The van der Waals surface area contributed by atoms with Crippen LogP contribution in [-0.2, 0) is 10.2 Å². The van der Waals surface area contributed by atoms with E-state index in [1.54, 1.807) is 7.11 Å². The molecule has 2 aromatic rings. The Morgan fingerprint density at radius 3 is 2.14 bits per heavy atom. The summed E-state index contributed by atoms with van der Waals surface area (Å²) < 4.78 is 5.18. The molecule has 0 aliphatic heterocycles. The first kappa shape index (κ1) is 14.6. The van der Waals surface area contributed by atoms with Gasteiger partial charge in [-0.25, -0.2) is 0 Å². The maximum atomic E-state index is 12.7. The van der Waals surface area contributed by atoms with Crippen molar-refractivity contribution >= 4 is 11.6 Å². The Hall–Kier alpha value is -2.29. The van der Waals surface area contributed by atoms with Crippen molar-refractivity contribution in [3.05, 3.63) is 59.2 Å². The van der Waals surface area contributed by atoms with Gasteiger partial charge in [-0.2, -0.15) is 0 Å². The summed E-state index contributed by atoms with van der Waals surface area (Å²) in [6.07, 6.45) is 1.80. The van der Waals surface area contributed by atoms with E-state index in [9.17, 15) is 4.79 Å². The number of nitrogens with one attached hydrogen (secondary N) is 1. The highest BCUT2D eigenvalue weighted by Crippen LogP contribution is 2.49. The minimum absolute atomic E-state index is 0.0858. The SMILES string of the molecule is COc1ccc(C2(C(=O)Nc3cc(C)cc(C)c3)CC2)cc1. The van der Waals surface area contributed by atoms with Crippen LogP contribution in [0.1, 0.15) is 29.5 Å². The second-order valence-corrected chi connectivity index (χ2v) is 6.14. The Kier molecular flexibility index (Phi) is 3.65. The molecule has 114 valence electrons. The summed E-state index contributed by atoms with van der Waals surface area (Å²) in [5, 5.41) is 3.08. The van der Waals surface area contributed by atoms with Gasteiger partial charge in [0.1, 0.15) is 5.75 Å². The molecule has 0 heterocycles. The number of hydrogen-bond donors (Lipinski definition) is 1. The lowest BCUT2D eigenvalue weighted by Gasteiger charge is -2.17. The molecule has 1 aliphatic rings. The van der Waals surface area contributed by atoms with E-state index in [1.807, 2.05) is 50.2 Å². The second kappa shape index (κ2) is 5.48. The van der Waals surface area contributed by atoms with Crippen molar-refractivity contribution in [1.29, 1.82) is 0 Å². The van der Waals surface area contributed by atoms with Gasteiger partial charge < -0.3 is 10.1 Å². The number of methoxy groups -OCH3 is 1. The van der Waals surface area contributed by atoms with Crippen LogP contribution < -0.4 is 10.1 Å². The first-order valence-corrected chi connectivity index (χ1v) is 7.58. The fraction of sp³-hybridized carbons (Fsp3) is 0.316. The summed E-state index contributed by atoms with van der Waals surface area (Å²) in [7, 11) is 1.65. The standard InChI is InChI=1S/C19H21NO2/c1-13-10-14(2)12-16(11-13)20-18(21)19(8-9-19)15-4-6-17(22-3)7-5-15/h4-7,10-12H,8-9H2,1-3H3,(H,20,21). The number of amides is 1. The number of aryl methyl sites for hydroxylation is 2. The van der Waals surface area contributed by atoms with Gasteiger partial charge >= 0.3 is 0 Å². The number of carbonyl (C=O) groups is 1. The van der Waals surface area contributed by atoms with Crippen LogP contribution in [0, 0.1) is 13.8 Å². The van der Waals surface area contributed by atoms with Gasteiger partial charge in [0.2, 0.25) is 5.91 Å². The van der Waals surface area contributed by atoms with E-state index < -0.39 is 0 Å². The molecule has 0 atom stereocenters. The molecule has 22 heavy (non-hydrogen) atoms. The Bertz CT molecular complexity index is 680. The predicted octanol–water partition coefficient (Wildman–Crippen LogP) is 3.98. The first-order valence-electron chi connectivity index (χ1n) is 7.58. The first-order chi connectivity index (χ1) is 10.5. The molecule has 1 aliphatic carbocycles. The van der Waals surface area contributed by atoms with Crippen molar-refractivity contribution in [3.63, 3.8) is 0 Å². The zero-order valence-electron chi connectivity index (χ0n) is 13.3. The monoisotopic (exact) mass is 295 g/mol. The molecule has 0 saturated heterocycles. The lowest BCUT2D eigenvalue weighted by molar-refractivity contribution is -0.118. The van der Waals surface area contributed by atoms with Crippen LogP contribution in [0.2, 0.25) is 0 Å². The van der Waals surface area contributed by atoms with E-state index in [2.05, 4.69) is 11.4 Å². The number of ether oxygens (including phenoxy) is 1. The summed E-state index contributed by atoms with van der Waals surface area (Å²) >= 11 is 0. The van der Waals surface area contributed by atoms with Crippen LogP contribution in [0.15, 0.2) is 42.5 Å². The Morgan fingerprint density at radius 2 is 1.64 bits per heavy atom. The summed E-state index contributed by atoms with van der Waals surface area (Å²) in [6.45, 7) is 4.08. The van der Waals surface area contributed by atoms with Crippen LogP contribution in [0.5, 0.6) is 5.75 Å². The van der Waals surface area contributed by atoms with E-state index in [0.717, 1.165) is 41.0 Å². The Labute approximate surface area is 131 Å². The molecule has 2 aromatic carbocycles. The van der Waals surface area contributed by atoms with E-state index in [4.69, 9.17) is 4.74 Å². The molecule has 1 amide bonds. The van der Waals surface area contributed by atoms with E-state index in [-0.39, 0.29) is 11.3 Å². The third kappa shape index (κ3) is 2.71. The molecule has 3 nitrogen and oxygen atoms in total. The van der Waals surface area contributed by atoms with Crippen molar-refractivity contribution in [1.82, 2.24) is 0 Å². The van der Waals surface area contributed by atoms with Crippen LogP contribution in [-0.4, -0.2) is 13.0 Å². The maximum Gasteiger partial charge on any atom is 0.235 e. The number of carbonyl (C=O) groups excluding carboxylic acids is 1. The van der Waals surface area contributed by atoms with Crippen LogP contribution in [0.3, 0.4) is 0 Å². The summed E-state index contributed by atoms with van der Waals surface area (Å²) in [6, 6.07) is 13.9. The fourth-order valence-electron chi connectivity index (χ4n) is 2.98. The number of hydrogen-bond acceptors (Lipinski definition) is 2. The fourth-order valence-corrected chi connectivity index (χ4v) is 2.98. The van der Waals surface area contributed by atoms with Crippen LogP contribution >= 0.6 is 0 Å². The normalized spacial score (nSPS) is 15.2. The van der Waals surface area contributed by atoms with Gasteiger partial charge in [0.05, 0.1) is 12.5 Å². The van der Waals surface area contributed by atoms with E-state index >= 15 is 0 Å². The van der Waals surface area contributed by atoms with Gasteiger partial charge in [-0.3, -0.25) is 4.79 Å². The van der Waals surface area contributed by atoms with Gasteiger partial charge in [0.25, 0.3) is 0 Å². The number of benzene rings is 2. The van der Waals surface area contributed by atoms with Gasteiger partial charge in [-0.15, -0.1) is 0 Å². The summed E-state index contributed by atoms with van der Waals surface area (Å²) in [5.41, 5.74) is 3.89. The average molecular weight is 295 g/mol. The largest absolute Gasteiger partial charge is 0.497 e. The van der Waals surface area contributed by atoms with E-state index in [1.165, 1.54) is 0 Å². The molecular formula is C19H21NO2. The van der Waals surface area contributed by atoms with Gasteiger partial charge in [0, 0.05) is 5.69 Å². The lowest BCUT2D eigenvalue weighted by Crippen LogP contribution is -2.27. The summed E-state index contributed by atoms with van der Waals surface area (Å²) in [4.78, 5) is 12.7. The third-order valence-corrected chi connectivity index (χ3v) is 4.31. The number of rotatable bonds is 4. The zero-order valence-corrected chi connectivity index (χ0v) is 13.3. The van der Waals surface area contributed by atoms with Crippen molar-refractivity contribution in [2.24, 2.45) is 0 Å². The highest BCUT2D eigenvalue weighted by molar-refractivity contribution is 6.01. The lowest BCUT2D eigenvalue weighted by atomic mass is 9.94. The van der Waals surface area contributed by atoms with Crippen molar-refractivity contribution in [3.8, 4) is 5.75 Å². The van der Waals surface area contributed by atoms with Gasteiger partial charge in [-0.1, -0.05) is 18.2 Å². The molecule has 0 radical (unpaired) electrons. The molecule has 1 saturated carbocycles. The molecule has 1 fully saturated rings. The van der Waals surface area contributed by atoms with Crippen LogP contribution in [0.25, 0.3) is 0 Å². The highest BCUT2D eigenvalue weighted by atomic mass is 16.5. The number of anilines is 1. The minimum atomic E-state index is -0.371. The zero-order chi connectivity index (χ0) is 15.7. The van der Waals surface area contributed by atoms with Crippen molar-refractivity contribution in [2.75, 3.05) is 12.4 Å². The quantitative estimate of drug-likeness (QED) is 0.926. The molecule has 1 N–H and O–H groups in total. The molecule has 3 heteroatoms. The average Bonchev–Trinajstić information content (AvgIpc) is 3.28. The molecule has 0 unspecified atom stereocenters.